The summed E-state index contributed by atoms with van der Waals surface area (Å²) in [5.41, 5.74) is 0.0998. The number of fused-ring (bicyclic) bond motifs is 3. The average molecular weight is 509 g/mol. The number of methoxy groups -OCH3 is 1. The second kappa shape index (κ2) is 8.16. The number of allylic oxidation sites excluding steroid dienone is 2. The van der Waals surface area contributed by atoms with E-state index < -0.39 is 17.1 Å². The van der Waals surface area contributed by atoms with Gasteiger partial charge in [0.15, 0.2) is 5.79 Å². The minimum atomic E-state index is -1.12. The van der Waals surface area contributed by atoms with Crippen LogP contribution in [0.4, 0.5) is 0 Å². The highest BCUT2D eigenvalue weighted by atomic mass is 16.7. The number of ether oxygens (including phenoxy) is 4. The van der Waals surface area contributed by atoms with Crippen LogP contribution in [0, 0.1) is 34.0 Å². The summed E-state index contributed by atoms with van der Waals surface area (Å²) in [7, 11) is 1.67. The van der Waals surface area contributed by atoms with Gasteiger partial charge in [0.25, 0.3) is 0 Å². The standard InChI is InChI=1S/C31H40O6/c1-6-35-23(32)17-22-25(33)24-26(31(22)36-18-27(2,3)19-37-31)29-14-8-7-13-28(29,4)30(24,16-15-29)20-9-11-21(34-5)12-10-20/h9-12,15-16,22,24,26H,6-8,13-14,17-19H2,1-5H3/t22-,24-,26+,28+,29+,30+/m1/s1. The minimum absolute atomic E-state index is 0.00834. The molecule has 0 radical (unpaired) electrons. The first-order valence-electron chi connectivity index (χ1n) is 13.9. The van der Waals surface area contributed by atoms with Crippen molar-refractivity contribution in [2.45, 2.75) is 71.0 Å². The molecule has 6 heteroatoms. The summed E-state index contributed by atoms with van der Waals surface area (Å²) in [5, 5.41) is 0. The molecule has 0 N–H and O–H groups in total. The second-order valence-electron chi connectivity index (χ2n) is 12.9. The highest BCUT2D eigenvalue weighted by Gasteiger charge is 2.85. The van der Waals surface area contributed by atoms with Gasteiger partial charge in [-0.05, 0) is 42.9 Å². The second-order valence-corrected chi connectivity index (χ2v) is 12.9. The summed E-state index contributed by atoms with van der Waals surface area (Å²) in [6.45, 7) is 9.71. The van der Waals surface area contributed by atoms with E-state index in [4.69, 9.17) is 18.9 Å². The van der Waals surface area contributed by atoms with Crippen LogP contribution < -0.4 is 4.74 Å². The molecule has 1 aromatic rings. The molecule has 6 atom stereocenters. The molecule has 2 bridgehead atoms. The third-order valence-corrected chi connectivity index (χ3v) is 10.7. The molecule has 6 nitrogen and oxygen atoms in total. The Bertz CT molecular complexity index is 1130. The molecule has 3 saturated carbocycles. The molecule has 1 spiro atoms. The van der Waals surface area contributed by atoms with Crippen molar-refractivity contribution in [2.75, 3.05) is 26.9 Å². The van der Waals surface area contributed by atoms with Gasteiger partial charge in [0.1, 0.15) is 11.5 Å². The monoisotopic (exact) mass is 508 g/mol. The van der Waals surface area contributed by atoms with Gasteiger partial charge >= 0.3 is 5.97 Å². The zero-order chi connectivity index (χ0) is 26.3. The molecule has 6 rings (SSSR count). The Hall–Kier alpha value is -2.18. The number of hydrogen-bond acceptors (Lipinski definition) is 6. The van der Waals surface area contributed by atoms with Crippen LogP contribution in [0.2, 0.25) is 0 Å². The van der Waals surface area contributed by atoms with Crippen molar-refractivity contribution < 1.29 is 28.5 Å². The van der Waals surface area contributed by atoms with Gasteiger partial charge in [0.05, 0.1) is 39.3 Å². The predicted molar refractivity (Wildman–Crippen MR) is 138 cm³/mol. The number of esters is 1. The maximum Gasteiger partial charge on any atom is 0.306 e. The Kier molecular flexibility index (Phi) is 5.54. The molecule has 1 aromatic carbocycles. The smallest absolute Gasteiger partial charge is 0.306 e. The number of carbonyl (C=O) groups excluding carboxylic acids is 2. The van der Waals surface area contributed by atoms with E-state index in [2.05, 4.69) is 45.1 Å². The summed E-state index contributed by atoms with van der Waals surface area (Å²) >= 11 is 0. The van der Waals surface area contributed by atoms with E-state index in [1.165, 1.54) is 0 Å². The number of ketones is 1. The van der Waals surface area contributed by atoms with Crippen molar-refractivity contribution in [3.8, 4) is 5.75 Å². The third-order valence-electron chi connectivity index (χ3n) is 10.7. The summed E-state index contributed by atoms with van der Waals surface area (Å²) in [5.74, 6) is -1.75. The van der Waals surface area contributed by atoms with Gasteiger partial charge in [-0.1, -0.05) is 57.9 Å². The van der Waals surface area contributed by atoms with E-state index in [1.807, 2.05) is 12.1 Å². The molecule has 4 fully saturated rings. The number of rotatable bonds is 5. The van der Waals surface area contributed by atoms with Crippen LogP contribution in [0.15, 0.2) is 36.4 Å². The topological polar surface area (TPSA) is 71.1 Å². The average Bonchev–Trinajstić information content (AvgIpc) is 3.38. The molecular weight excluding hydrogens is 468 g/mol. The molecule has 4 aliphatic carbocycles. The van der Waals surface area contributed by atoms with E-state index >= 15 is 0 Å². The largest absolute Gasteiger partial charge is 0.497 e. The first-order valence-corrected chi connectivity index (χ1v) is 13.9. The fourth-order valence-corrected chi connectivity index (χ4v) is 9.12. The van der Waals surface area contributed by atoms with Gasteiger partial charge < -0.3 is 18.9 Å². The van der Waals surface area contributed by atoms with Gasteiger partial charge in [-0.2, -0.15) is 0 Å². The van der Waals surface area contributed by atoms with Gasteiger partial charge in [-0.15, -0.1) is 0 Å². The molecule has 1 heterocycles. The Labute approximate surface area is 220 Å². The lowest BCUT2D eigenvalue weighted by Crippen LogP contribution is -2.59. The highest BCUT2D eigenvalue weighted by molar-refractivity contribution is 5.94. The quantitative estimate of drug-likeness (QED) is 0.400. The summed E-state index contributed by atoms with van der Waals surface area (Å²) < 4.78 is 24.4. The molecule has 0 unspecified atom stereocenters. The van der Waals surface area contributed by atoms with E-state index in [1.54, 1.807) is 14.0 Å². The normalized spacial score (nSPS) is 40.5. The van der Waals surface area contributed by atoms with E-state index in [9.17, 15) is 9.59 Å². The van der Waals surface area contributed by atoms with Gasteiger partial charge in [0.2, 0.25) is 0 Å². The fraction of sp³-hybridized carbons (Fsp3) is 0.677. The number of hydrogen-bond donors (Lipinski definition) is 0. The molecule has 5 aliphatic rings. The molecule has 200 valence electrons. The van der Waals surface area contributed by atoms with Crippen LogP contribution in [0.1, 0.15) is 65.4 Å². The summed E-state index contributed by atoms with van der Waals surface area (Å²) in [4.78, 5) is 27.6. The lowest BCUT2D eigenvalue weighted by atomic mass is 9.51. The van der Waals surface area contributed by atoms with Crippen molar-refractivity contribution in [3.63, 3.8) is 0 Å². The molecule has 37 heavy (non-hydrogen) atoms. The van der Waals surface area contributed by atoms with Crippen molar-refractivity contribution >= 4 is 11.8 Å². The Morgan fingerprint density at radius 1 is 1.03 bits per heavy atom. The zero-order valence-corrected chi connectivity index (χ0v) is 22.8. The Morgan fingerprint density at radius 2 is 1.70 bits per heavy atom. The van der Waals surface area contributed by atoms with Gasteiger partial charge in [0, 0.05) is 28.1 Å². The van der Waals surface area contributed by atoms with Gasteiger partial charge in [-0.3, -0.25) is 9.59 Å². The lowest BCUT2D eigenvalue weighted by molar-refractivity contribution is -0.344. The Balaban J connectivity index is 1.55. The molecular formula is C31H40O6. The van der Waals surface area contributed by atoms with Crippen molar-refractivity contribution in [3.05, 3.63) is 42.0 Å². The zero-order valence-electron chi connectivity index (χ0n) is 22.8. The van der Waals surface area contributed by atoms with E-state index in [-0.39, 0.29) is 52.9 Å². The van der Waals surface area contributed by atoms with Crippen LogP contribution in [0.3, 0.4) is 0 Å². The van der Waals surface area contributed by atoms with Crippen molar-refractivity contribution in [2.24, 2.45) is 34.0 Å². The Morgan fingerprint density at radius 3 is 2.35 bits per heavy atom. The predicted octanol–water partition coefficient (Wildman–Crippen LogP) is 5.24. The maximum atomic E-state index is 14.7. The van der Waals surface area contributed by atoms with E-state index in [0.29, 0.717) is 13.2 Å². The van der Waals surface area contributed by atoms with Crippen LogP contribution in [0.5, 0.6) is 5.75 Å². The van der Waals surface area contributed by atoms with Crippen LogP contribution >= 0.6 is 0 Å². The first-order chi connectivity index (χ1) is 17.6. The van der Waals surface area contributed by atoms with Crippen LogP contribution in [0.25, 0.3) is 0 Å². The van der Waals surface area contributed by atoms with Crippen molar-refractivity contribution in [1.29, 1.82) is 0 Å². The number of benzene rings is 1. The molecule has 1 aliphatic heterocycles. The van der Waals surface area contributed by atoms with Crippen molar-refractivity contribution in [1.82, 2.24) is 0 Å². The fourth-order valence-electron chi connectivity index (χ4n) is 9.12. The summed E-state index contributed by atoms with van der Waals surface area (Å²) in [6.07, 6.45) is 9.02. The SMILES string of the molecule is CCOC(=O)C[C@@H]1C(=O)[C@@H]2[C@H](C13OCC(C)(C)CO3)[C@]13C=C[C@@]2(c2ccc(OC)cc2)[C@@]1(C)CCCC3. The molecule has 0 aromatic heterocycles. The van der Waals surface area contributed by atoms with Gasteiger partial charge in [-0.25, -0.2) is 0 Å². The highest BCUT2D eigenvalue weighted by Crippen LogP contribution is 2.82. The summed E-state index contributed by atoms with van der Waals surface area (Å²) in [6, 6.07) is 8.26. The lowest BCUT2D eigenvalue weighted by Gasteiger charge is -2.55. The van der Waals surface area contributed by atoms with Crippen LogP contribution in [-0.2, 0) is 29.2 Å². The minimum Gasteiger partial charge on any atom is -0.497 e. The molecule has 0 amide bonds. The molecule has 1 saturated heterocycles. The maximum absolute atomic E-state index is 14.7. The van der Waals surface area contributed by atoms with Crippen LogP contribution in [-0.4, -0.2) is 44.5 Å². The third kappa shape index (κ3) is 3.00. The number of Topliss-reactive ketones (excluding diaryl/α,β-unsaturated/α-hetero) is 1. The van der Waals surface area contributed by atoms with E-state index in [0.717, 1.165) is 37.0 Å². The first kappa shape index (κ1) is 25.1. The number of carbonyl (C=O) groups is 2.